The average molecular weight is 489 g/mol. The molecule has 1 fully saturated rings. The molecule has 9 heteroatoms. The molecule has 1 heterocycles. The Morgan fingerprint density at radius 1 is 1.09 bits per heavy atom. The number of benzene rings is 2. The number of hydrogen-bond donors (Lipinski definition) is 1. The lowest BCUT2D eigenvalue weighted by Gasteiger charge is -2.30. The second-order valence-corrected chi connectivity index (χ2v) is 10.7. The van der Waals surface area contributed by atoms with Crippen LogP contribution in [-0.2, 0) is 19.6 Å². The summed E-state index contributed by atoms with van der Waals surface area (Å²) in [5.41, 5.74) is 1.88. The highest BCUT2D eigenvalue weighted by atomic mass is 32.2. The van der Waals surface area contributed by atoms with Gasteiger partial charge < -0.3 is 14.8 Å². The van der Waals surface area contributed by atoms with Gasteiger partial charge in [-0.2, -0.15) is 4.31 Å². The van der Waals surface area contributed by atoms with Gasteiger partial charge in [-0.05, 0) is 87.1 Å². The number of nitrogens with zero attached hydrogens (tertiary/aromatic N) is 1. The van der Waals surface area contributed by atoms with E-state index in [4.69, 9.17) is 9.47 Å². The number of esters is 1. The maximum Gasteiger partial charge on any atom is 0.338 e. The molecule has 1 aliphatic rings. The van der Waals surface area contributed by atoms with E-state index in [0.717, 1.165) is 12.8 Å². The van der Waals surface area contributed by atoms with E-state index < -0.39 is 28.0 Å². The summed E-state index contributed by atoms with van der Waals surface area (Å²) in [6.07, 6.45) is 0.527. The molecule has 1 N–H and O–H groups in total. The van der Waals surface area contributed by atoms with Gasteiger partial charge in [0.05, 0.1) is 17.6 Å². The third-order valence-corrected chi connectivity index (χ3v) is 8.25. The first-order valence-corrected chi connectivity index (χ1v) is 12.7. The molecule has 1 atom stereocenters. The minimum atomic E-state index is -3.75. The lowest BCUT2D eigenvalue weighted by Crippen LogP contribution is -2.38. The molecule has 1 unspecified atom stereocenters. The van der Waals surface area contributed by atoms with Crippen molar-refractivity contribution in [2.75, 3.05) is 25.5 Å². The Bertz CT molecular complexity index is 1150. The van der Waals surface area contributed by atoms with Crippen molar-refractivity contribution in [2.24, 2.45) is 5.92 Å². The van der Waals surface area contributed by atoms with Crippen molar-refractivity contribution >= 4 is 27.6 Å². The van der Waals surface area contributed by atoms with Crippen LogP contribution >= 0.6 is 0 Å². The molecule has 8 nitrogen and oxygen atoms in total. The summed E-state index contributed by atoms with van der Waals surface area (Å²) in [5, 5.41) is 2.68. The van der Waals surface area contributed by atoms with Crippen LogP contribution in [-0.4, -0.2) is 50.9 Å². The molecular formula is C25H32N2O6S. The summed E-state index contributed by atoms with van der Waals surface area (Å²) in [4.78, 5) is 25.4. The monoisotopic (exact) mass is 488 g/mol. The smallest absolute Gasteiger partial charge is 0.338 e. The fourth-order valence-corrected chi connectivity index (χ4v) is 5.57. The molecule has 0 spiro atoms. The number of anilines is 1. The second kappa shape index (κ2) is 10.6. The van der Waals surface area contributed by atoms with Gasteiger partial charge in [0.1, 0.15) is 5.75 Å². The van der Waals surface area contributed by atoms with E-state index in [1.165, 1.54) is 17.3 Å². The van der Waals surface area contributed by atoms with Crippen molar-refractivity contribution in [3.05, 3.63) is 53.1 Å². The topological polar surface area (TPSA) is 102 Å². The number of piperidine rings is 1. The Morgan fingerprint density at radius 3 is 2.29 bits per heavy atom. The minimum Gasteiger partial charge on any atom is -0.497 e. The average Bonchev–Trinajstić information content (AvgIpc) is 2.81. The van der Waals surface area contributed by atoms with Crippen LogP contribution in [0.4, 0.5) is 5.69 Å². The van der Waals surface area contributed by atoms with Crippen molar-refractivity contribution in [3.8, 4) is 5.75 Å². The van der Waals surface area contributed by atoms with Crippen LogP contribution in [0.2, 0.25) is 0 Å². The molecule has 1 saturated heterocycles. The fourth-order valence-electron chi connectivity index (χ4n) is 3.78. The fraction of sp³-hybridized carbons (Fsp3) is 0.440. The van der Waals surface area contributed by atoms with Gasteiger partial charge in [-0.15, -0.1) is 0 Å². The Kier molecular flexibility index (Phi) is 7.99. The first-order chi connectivity index (χ1) is 16.0. The predicted octanol–water partition coefficient (Wildman–Crippen LogP) is 3.92. The van der Waals surface area contributed by atoms with E-state index in [1.807, 2.05) is 0 Å². The van der Waals surface area contributed by atoms with Crippen molar-refractivity contribution in [1.82, 2.24) is 4.31 Å². The van der Waals surface area contributed by atoms with Gasteiger partial charge in [0.15, 0.2) is 6.10 Å². The van der Waals surface area contributed by atoms with Crippen LogP contribution in [0.5, 0.6) is 5.75 Å². The molecule has 0 bridgehead atoms. The molecule has 0 radical (unpaired) electrons. The van der Waals surface area contributed by atoms with Gasteiger partial charge >= 0.3 is 5.97 Å². The summed E-state index contributed by atoms with van der Waals surface area (Å²) in [5.74, 6) is -0.125. The van der Waals surface area contributed by atoms with E-state index >= 15 is 0 Å². The first kappa shape index (κ1) is 25.7. The van der Waals surface area contributed by atoms with Crippen LogP contribution in [0.3, 0.4) is 0 Å². The zero-order valence-corrected chi connectivity index (χ0v) is 21.1. The largest absolute Gasteiger partial charge is 0.497 e. The normalized spacial score (nSPS) is 16.0. The molecule has 0 saturated carbocycles. The Balaban J connectivity index is 1.75. The highest BCUT2D eigenvalue weighted by Gasteiger charge is 2.31. The molecule has 2 aromatic rings. The van der Waals surface area contributed by atoms with Gasteiger partial charge in [0.2, 0.25) is 10.0 Å². The van der Waals surface area contributed by atoms with Gasteiger partial charge in [0.25, 0.3) is 5.91 Å². The number of carbonyl (C=O) groups excluding carboxylic acids is 2. The highest BCUT2D eigenvalue weighted by molar-refractivity contribution is 7.89. The maximum absolute atomic E-state index is 13.3. The molecule has 1 amide bonds. The van der Waals surface area contributed by atoms with E-state index in [0.29, 0.717) is 41.6 Å². The number of nitrogens with one attached hydrogen (secondary N) is 1. The summed E-state index contributed by atoms with van der Waals surface area (Å²) >= 11 is 0. The highest BCUT2D eigenvalue weighted by Crippen LogP contribution is 2.28. The molecule has 3 rings (SSSR count). The SMILES string of the molecule is COc1ccc(NC(=O)C(C)OC(=O)c2cc(C)c(C)c(S(=O)(=O)N3CCC(C)CC3)c2)cc1. The zero-order valence-electron chi connectivity index (χ0n) is 20.3. The predicted molar refractivity (Wildman–Crippen MR) is 130 cm³/mol. The van der Waals surface area contributed by atoms with Crippen molar-refractivity contribution < 1.29 is 27.5 Å². The molecular weight excluding hydrogens is 456 g/mol. The minimum absolute atomic E-state index is 0.0937. The first-order valence-electron chi connectivity index (χ1n) is 11.3. The number of carbonyl (C=O) groups is 2. The zero-order chi connectivity index (χ0) is 25.0. The lowest BCUT2D eigenvalue weighted by molar-refractivity contribution is -0.123. The number of rotatable bonds is 7. The summed E-state index contributed by atoms with van der Waals surface area (Å²) < 4.78 is 38.6. The quantitative estimate of drug-likeness (QED) is 0.593. The van der Waals surface area contributed by atoms with Crippen LogP contribution in [0.15, 0.2) is 41.3 Å². The van der Waals surface area contributed by atoms with Crippen LogP contribution in [0.1, 0.15) is 48.2 Å². The van der Waals surface area contributed by atoms with Crippen molar-refractivity contribution in [3.63, 3.8) is 0 Å². The van der Waals surface area contributed by atoms with Crippen LogP contribution < -0.4 is 10.1 Å². The van der Waals surface area contributed by atoms with Gasteiger partial charge in [-0.3, -0.25) is 4.79 Å². The Morgan fingerprint density at radius 2 is 1.71 bits per heavy atom. The van der Waals surface area contributed by atoms with E-state index in [-0.39, 0.29) is 10.5 Å². The number of methoxy groups -OCH3 is 1. The van der Waals surface area contributed by atoms with Crippen LogP contribution in [0, 0.1) is 19.8 Å². The van der Waals surface area contributed by atoms with Crippen molar-refractivity contribution in [2.45, 2.75) is 51.5 Å². The Hall–Kier alpha value is -2.91. The standard InChI is InChI=1S/C25H32N2O6S/c1-16-10-12-27(13-11-16)34(30,31)23-15-20(14-17(2)18(23)3)25(29)33-19(4)24(28)26-21-6-8-22(32-5)9-7-21/h6-9,14-16,19H,10-13H2,1-5H3,(H,26,28). The van der Waals surface area contributed by atoms with Gasteiger partial charge in [0, 0.05) is 18.8 Å². The van der Waals surface area contributed by atoms with Gasteiger partial charge in [-0.1, -0.05) is 6.92 Å². The maximum atomic E-state index is 13.3. The number of amides is 1. The van der Waals surface area contributed by atoms with E-state index in [9.17, 15) is 18.0 Å². The third kappa shape index (κ3) is 5.77. The van der Waals surface area contributed by atoms with Gasteiger partial charge in [-0.25, -0.2) is 13.2 Å². The molecule has 184 valence electrons. The molecule has 34 heavy (non-hydrogen) atoms. The van der Waals surface area contributed by atoms with E-state index in [1.54, 1.807) is 51.3 Å². The van der Waals surface area contributed by atoms with Crippen molar-refractivity contribution in [1.29, 1.82) is 0 Å². The summed E-state index contributed by atoms with van der Waals surface area (Å²) in [6, 6.07) is 9.69. The summed E-state index contributed by atoms with van der Waals surface area (Å²) in [7, 11) is -2.20. The third-order valence-electron chi connectivity index (χ3n) is 6.23. The molecule has 0 aliphatic carbocycles. The number of aryl methyl sites for hydroxylation is 1. The summed E-state index contributed by atoms with van der Waals surface area (Å²) in [6.45, 7) is 7.98. The molecule has 1 aliphatic heterocycles. The molecule has 2 aromatic carbocycles. The van der Waals surface area contributed by atoms with E-state index in [2.05, 4.69) is 12.2 Å². The number of sulfonamides is 1. The Labute approximate surface area is 201 Å². The molecule has 0 aromatic heterocycles. The van der Waals surface area contributed by atoms with Crippen LogP contribution in [0.25, 0.3) is 0 Å². The number of hydrogen-bond acceptors (Lipinski definition) is 6. The lowest BCUT2D eigenvalue weighted by atomic mass is 10.0. The number of ether oxygens (including phenoxy) is 2. The second-order valence-electron chi connectivity index (χ2n) is 8.77.